The van der Waals surface area contributed by atoms with Crippen molar-refractivity contribution in [1.29, 1.82) is 5.26 Å². The molecule has 0 aliphatic carbocycles. The minimum absolute atomic E-state index is 0.00482. The molecule has 28 heavy (non-hydrogen) atoms. The third-order valence-corrected chi connectivity index (χ3v) is 5.57. The maximum Gasteiger partial charge on any atom is 0.416 e. The van der Waals surface area contributed by atoms with Crippen LogP contribution in [-0.4, -0.2) is 44.2 Å². The van der Waals surface area contributed by atoms with Gasteiger partial charge >= 0.3 is 6.18 Å². The maximum absolute atomic E-state index is 12.8. The first-order chi connectivity index (χ1) is 13.0. The molecule has 154 valence electrons. The predicted octanol–water partition coefficient (Wildman–Crippen LogP) is 0.0433. The van der Waals surface area contributed by atoms with Gasteiger partial charge in [0.2, 0.25) is 0 Å². The van der Waals surface area contributed by atoms with Crippen LogP contribution in [0.4, 0.5) is 13.2 Å². The van der Waals surface area contributed by atoms with E-state index in [1.54, 1.807) is 13.0 Å². The van der Waals surface area contributed by atoms with Gasteiger partial charge in [-0.15, -0.1) is 0 Å². The zero-order valence-electron chi connectivity index (χ0n) is 16.6. The summed E-state index contributed by atoms with van der Waals surface area (Å²) in [7, 11) is 0. The van der Waals surface area contributed by atoms with Crippen LogP contribution >= 0.6 is 0 Å². The van der Waals surface area contributed by atoms with E-state index >= 15 is 0 Å². The molecular formula is C20H29F3N4O+2. The maximum atomic E-state index is 12.8. The highest BCUT2D eigenvalue weighted by Crippen LogP contribution is 2.29. The van der Waals surface area contributed by atoms with Gasteiger partial charge in [0.15, 0.2) is 6.54 Å². The van der Waals surface area contributed by atoms with E-state index in [2.05, 4.69) is 11.4 Å². The minimum atomic E-state index is -4.32. The number of nitrogens with zero attached hydrogens (tertiary/aromatic N) is 1. The molecular weight excluding hydrogens is 369 g/mol. The van der Waals surface area contributed by atoms with Gasteiger partial charge in [0, 0.05) is 5.56 Å². The van der Waals surface area contributed by atoms with Crippen LogP contribution in [0.2, 0.25) is 0 Å². The number of piperazine rings is 1. The van der Waals surface area contributed by atoms with Crippen molar-refractivity contribution in [3.05, 3.63) is 35.4 Å². The Morgan fingerprint density at radius 3 is 2.36 bits per heavy atom. The van der Waals surface area contributed by atoms with Crippen molar-refractivity contribution in [1.82, 2.24) is 5.32 Å². The van der Waals surface area contributed by atoms with E-state index in [0.29, 0.717) is 18.7 Å². The number of carbonyl (C=O) groups is 1. The monoisotopic (exact) mass is 398 g/mol. The average Bonchev–Trinajstić information content (AvgIpc) is 2.62. The number of hydrogen-bond acceptors (Lipinski definition) is 2. The smallest absolute Gasteiger partial charge is 0.333 e. The Kier molecular flexibility index (Phi) is 7.07. The molecule has 2 rings (SSSR count). The zero-order valence-corrected chi connectivity index (χ0v) is 16.6. The number of benzene rings is 1. The fourth-order valence-corrected chi connectivity index (χ4v) is 3.32. The highest BCUT2D eigenvalue weighted by molar-refractivity contribution is 5.78. The quantitative estimate of drug-likeness (QED) is 0.634. The van der Waals surface area contributed by atoms with Gasteiger partial charge in [-0.1, -0.05) is 26.0 Å². The summed E-state index contributed by atoms with van der Waals surface area (Å²) in [5.41, 5.74) is -0.823. The lowest BCUT2D eigenvalue weighted by Gasteiger charge is -2.31. The number of nitriles is 1. The number of quaternary nitrogens is 2. The summed E-state index contributed by atoms with van der Waals surface area (Å²) in [5, 5.41) is 12.1. The Bertz CT molecular complexity index is 721. The minimum Gasteiger partial charge on any atom is -0.333 e. The fourth-order valence-electron chi connectivity index (χ4n) is 3.32. The molecule has 1 aromatic carbocycles. The molecule has 0 saturated carbocycles. The molecule has 0 radical (unpaired) electrons. The number of nitrogens with one attached hydrogen (secondary N) is 3. The molecule has 1 heterocycles. The second kappa shape index (κ2) is 8.93. The molecule has 0 unspecified atom stereocenters. The highest BCUT2D eigenvalue weighted by atomic mass is 19.4. The van der Waals surface area contributed by atoms with Crippen molar-refractivity contribution >= 4 is 5.91 Å². The van der Waals surface area contributed by atoms with Crippen LogP contribution in [0, 0.1) is 17.2 Å². The SMILES string of the molecule is CC(C)[C@@](C)(C#N)NC(=O)C[NH+]1CC[NH+](Cc2cccc(C(F)(F)F)c2)CC1. The molecule has 5 nitrogen and oxygen atoms in total. The third-order valence-electron chi connectivity index (χ3n) is 5.57. The fraction of sp³-hybridized carbons (Fsp3) is 0.600. The molecule has 8 heteroatoms. The van der Waals surface area contributed by atoms with Gasteiger partial charge in [-0.05, 0) is 25.0 Å². The number of carbonyl (C=O) groups excluding carboxylic acids is 1. The summed E-state index contributed by atoms with van der Waals surface area (Å²) in [6.45, 7) is 9.49. The zero-order chi connectivity index (χ0) is 20.9. The predicted molar refractivity (Wildman–Crippen MR) is 98.4 cm³/mol. The van der Waals surface area contributed by atoms with E-state index in [1.165, 1.54) is 17.0 Å². The average molecular weight is 398 g/mol. The van der Waals surface area contributed by atoms with Gasteiger partial charge in [-0.3, -0.25) is 4.79 Å². The Balaban J connectivity index is 1.83. The van der Waals surface area contributed by atoms with Gasteiger partial charge in [-0.2, -0.15) is 18.4 Å². The first-order valence-electron chi connectivity index (χ1n) is 9.59. The second-order valence-corrected chi connectivity index (χ2v) is 8.07. The van der Waals surface area contributed by atoms with E-state index in [-0.39, 0.29) is 11.8 Å². The first kappa shape index (κ1) is 22.2. The molecule has 1 fully saturated rings. The summed E-state index contributed by atoms with van der Waals surface area (Å²) in [4.78, 5) is 14.6. The molecule has 1 aliphatic rings. The lowest BCUT2D eigenvalue weighted by molar-refractivity contribution is -1.02. The summed E-state index contributed by atoms with van der Waals surface area (Å²) < 4.78 is 38.5. The van der Waals surface area contributed by atoms with E-state index < -0.39 is 17.3 Å². The van der Waals surface area contributed by atoms with Gasteiger partial charge < -0.3 is 15.1 Å². The van der Waals surface area contributed by atoms with Gasteiger partial charge in [-0.25, -0.2) is 0 Å². The molecule has 0 aromatic heterocycles. The molecule has 1 saturated heterocycles. The Morgan fingerprint density at radius 1 is 1.21 bits per heavy atom. The van der Waals surface area contributed by atoms with Crippen molar-refractivity contribution in [2.24, 2.45) is 5.92 Å². The van der Waals surface area contributed by atoms with Crippen molar-refractivity contribution in [2.75, 3.05) is 32.7 Å². The molecule has 0 bridgehead atoms. The molecule has 3 N–H and O–H groups in total. The number of halogens is 3. The van der Waals surface area contributed by atoms with Crippen LogP contribution in [0.15, 0.2) is 24.3 Å². The van der Waals surface area contributed by atoms with Crippen molar-refractivity contribution in [2.45, 2.75) is 39.0 Å². The first-order valence-corrected chi connectivity index (χ1v) is 9.59. The van der Waals surface area contributed by atoms with Gasteiger partial charge in [0.25, 0.3) is 5.91 Å². The number of rotatable bonds is 6. The van der Waals surface area contributed by atoms with Crippen molar-refractivity contribution < 1.29 is 27.8 Å². The normalized spacial score (nSPS) is 22.4. The highest BCUT2D eigenvalue weighted by Gasteiger charge is 2.33. The lowest BCUT2D eigenvalue weighted by atomic mass is 9.90. The van der Waals surface area contributed by atoms with Crippen LogP contribution < -0.4 is 15.1 Å². The van der Waals surface area contributed by atoms with Crippen molar-refractivity contribution in [3.8, 4) is 6.07 Å². The Hall–Kier alpha value is -2.11. The molecule has 1 atom stereocenters. The summed E-state index contributed by atoms with van der Waals surface area (Å²) >= 11 is 0. The lowest BCUT2D eigenvalue weighted by Crippen LogP contribution is -3.28. The van der Waals surface area contributed by atoms with Crippen LogP contribution in [0.3, 0.4) is 0 Å². The van der Waals surface area contributed by atoms with Crippen LogP contribution in [0.25, 0.3) is 0 Å². The Morgan fingerprint density at radius 2 is 1.82 bits per heavy atom. The van der Waals surface area contributed by atoms with Gasteiger partial charge in [0.1, 0.15) is 38.3 Å². The van der Waals surface area contributed by atoms with Crippen LogP contribution in [0.5, 0.6) is 0 Å². The second-order valence-electron chi connectivity index (χ2n) is 8.07. The van der Waals surface area contributed by atoms with Gasteiger partial charge in [0.05, 0.1) is 11.6 Å². The summed E-state index contributed by atoms with van der Waals surface area (Å²) in [6, 6.07) is 7.65. The largest absolute Gasteiger partial charge is 0.416 e. The van der Waals surface area contributed by atoms with E-state index in [9.17, 15) is 23.2 Å². The van der Waals surface area contributed by atoms with Crippen LogP contribution in [0.1, 0.15) is 31.9 Å². The van der Waals surface area contributed by atoms with Crippen molar-refractivity contribution in [3.63, 3.8) is 0 Å². The van der Waals surface area contributed by atoms with E-state index in [4.69, 9.17) is 0 Å². The standard InChI is InChI=1S/C20H27F3N4O/c1-15(2)19(3,14-24)25-18(28)13-27-9-7-26(8-10-27)12-16-5-4-6-17(11-16)20(21,22)23/h4-6,11,15H,7-10,12-13H2,1-3H3,(H,25,28)/p+2/t19-/m1/s1. The topological polar surface area (TPSA) is 61.8 Å². The molecule has 1 amide bonds. The summed E-state index contributed by atoms with van der Waals surface area (Å²) in [6.07, 6.45) is -4.32. The third kappa shape index (κ3) is 5.94. The number of alkyl halides is 3. The molecule has 1 aromatic rings. The van der Waals surface area contributed by atoms with E-state index in [1.807, 2.05) is 13.8 Å². The number of hydrogen-bond donors (Lipinski definition) is 3. The van der Waals surface area contributed by atoms with E-state index in [0.717, 1.165) is 37.1 Å². The molecule has 0 spiro atoms. The summed E-state index contributed by atoms with van der Waals surface area (Å²) in [5.74, 6) is -0.140. The molecule has 1 aliphatic heterocycles. The number of amides is 1. The van der Waals surface area contributed by atoms with Crippen LogP contribution in [-0.2, 0) is 17.5 Å². The Labute approximate surface area is 164 Å².